The summed E-state index contributed by atoms with van der Waals surface area (Å²) in [5, 5.41) is 4.28. The van der Waals surface area contributed by atoms with Crippen LogP contribution < -0.4 is 4.74 Å². The highest BCUT2D eigenvalue weighted by molar-refractivity contribution is 5.81. The Balaban J connectivity index is 1.67. The fourth-order valence-corrected chi connectivity index (χ4v) is 2.43. The average Bonchev–Trinajstić information content (AvgIpc) is 3.09. The lowest BCUT2D eigenvalue weighted by Crippen LogP contribution is -2.47. The van der Waals surface area contributed by atoms with Gasteiger partial charge in [-0.2, -0.15) is 4.98 Å². The Bertz CT molecular complexity index is 638. The number of benzene rings is 1. The number of carbonyl (C=O) groups is 1. The molecule has 23 heavy (non-hydrogen) atoms. The number of aromatic nitrogens is 3. The molecule has 1 aromatic carbocycles. The van der Waals surface area contributed by atoms with E-state index < -0.39 is 6.10 Å². The van der Waals surface area contributed by atoms with E-state index in [4.69, 9.17) is 9.47 Å². The van der Waals surface area contributed by atoms with E-state index in [0.29, 0.717) is 32.7 Å². The maximum atomic E-state index is 12.5. The van der Waals surface area contributed by atoms with Crippen molar-refractivity contribution in [2.75, 3.05) is 26.3 Å². The Hall–Kier alpha value is -2.41. The summed E-state index contributed by atoms with van der Waals surface area (Å²) in [5.74, 6) is -0.0353. The Morgan fingerprint density at radius 2 is 2.04 bits per heavy atom. The van der Waals surface area contributed by atoms with E-state index in [0.717, 1.165) is 5.69 Å². The number of morpholine rings is 1. The number of nitrogens with zero attached hydrogens (tertiary/aromatic N) is 4. The van der Waals surface area contributed by atoms with E-state index in [1.807, 2.05) is 37.3 Å². The van der Waals surface area contributed by atoms with Gasteiger partial charge in [0.05, 0.1) is 18.9 Å². The van der Waals surface area contributed by atoms with E-state index in [-0.39, 0.29) is 11.9 Å². The van der Waals surface area contributed by atoms with E-state index in [2.05, 4.69) is 10.1 Å². The molecule has 1 amide bonds. The van der Waals surface area contributed by atoms with Crippen LogP contribution in [0.5, 0.6) is 6.01 Å². The van der Waals surface area contributed by atoms with Gasteiger partial charge >= 0.3 is 6.01 Å². The maximum absolute atomic E-state index is 12.5. The average molecular weight is 316 g/mol. The SMILES string of the molecule is CCC(Oc1ncn(-c2ccccc2)n1)C(=O)N1CCOCC1. The van der Waals surface area contributed by atoms with Crippen molar-refractivity contribution in [1.29, 1.82) is 0 Å². The summed E-state index contributed by atoms with van der Waals surface area (Å²) in [6.07, 6.45) is 1.58. The van der Waals surface area contributed by atoms with Crippen molar-refractivity contribution in [3.63, 3.8) is 0 Å². The molecule has 1 aliphatic rings. The van der Waals surface area contributed by atoms with Gasteiger partial charge < -0.3 is 14.4 Å². The molecule has 1 unspecified atom stereocenters. The fraction of sp³-hybridized carbons (Fsp3) is 0.438. The number of hydrogen-bond donors (Lipinski definition) is 0. The third kappa shape index (κ3) is 3.68. The highest BCUT2D eigenvalue weighted by atomic mass is 16.5. The molecule has 1 fully saturated rings. The predicted molar refractivity (Wildman–Crippen MR) is 83.5 cm³/mol. The van der Waals surface area contributed by atoms with Crippen LogP contribution in [0.15, 0.2) is 36.7 Å². The van der Waals surface area contributed by atoms with Crippen LogP contribution in [0.3, 0.4) is 0 Å². The first-order valence-corrected chi connectivity index (χ1v) is 7.78. The first-order chi connectivity index (χ1) is 11.3. The third-order valence-corrected chi connectivity index (χ3v) is 3.71. The van der Waals surface area contributed by atoms with Crippen molar-refractivity contribution in [3.8, 4) is 11.7 Å². The number of hydrogen-bond acceptors (Lipinski definition) is 5. The van der Waals surface area contributed by atoms with Gasteiger partial charge in [0.2, 0.25) is 0 Å². The highest BCUT2D eigenvalue weighted by Gasteiger charge is 2.27. The minimum Gasteiger partial charge on any atom is -0.449 e. The summed E-state index contributed by atoms with van der Waals surface area (Å²) in [5.41, 5.74) is 0.891. The standard InChI is InChI=1S/C16H20N4O3/c1-2-14(15(21)19-8-10-22-11-9-19)23-16-17-12-20(18-16)13-6-4-3-5-7-13/h3-7,12,14H,2,8-11H2,1H3. The minimum absolute atomic E-state index is 0.0353. The van der Waals surface area contributed by atoms with E-state index in [1.165, 1.54) is 0 Å². The molecule has 0 N–H and O–H groups in total. The van der Waals surface area contributed by atoms with Crippen LogP contribution in [-0.4, -0.2) is 58.0 Å². The molecule has 0 radical (unpaired) electrons. The molecule has 7 nitrogen and oxygen atoms in total. The molecule has 0 bridgehead atoms. The van der Waals surface area contributed by atoms with Gasteiger partial charge in [-0.15, -0.1) is 5.10 Å². The number of para-hydroxylation sites is 1. The molecule has 1 aromatic heterocycles. The van der Waals surface area contributed by atoms with Gasteiger partial charge in [-0.25, -0.2) is 4.68 Å². The first-order valence-electron chi connectivity index (χ1n) is 7.78. The van der Waals surface area contributed by atoms with Gasteiger partial charge in [0.15, 0.2) is 6.10 Å². The molecule has 1 atom stereocenters. The quantitative estimate of drug-likeness (QED) is 0.831. The monoisotopic (exact) mass is 316 g/mol. The number of carbonyl (C=O) groups excluding carboxylic acids is 1. The topological polar surface area (TPSA) is 69.5 Å². The normalized spacial score (nSPS) is 16.1. The van der Waals surface area contributed by atoms with Crippen molar-refractivity contribution in [3.05, 3.63) is 36.7 Å². The van der Waals surface area contributed by atoms with Crippen LogP contribution in [0.1, 0.15) is 13.3 Å². The summed E-state index contributed by atoms with van der Waals surface area (Å²) in [6.45, 7) is 4.26. The lowest BCUT2D eigenvalue weighted by Gasteiger charge is -2.29. The van der Waals surface area contributed by atoms with Crippen LogP contribution >= 0.6 is 0 Å². The molecule has 3 rings (SSSR count). The lowest BCUT2D eigenvalue weighted by molar-refractivity contribution is -0.143. The second-order valence-electron chi connectivity index (χ2n) is 5.26. The van der Waals surface area contributed by atoms with Crippen molar-refractivity contribution in [1.82, 2.24) is 19.7 Å². The molecule has 1 aliphatic heterocycles. The molecule has 122 valence electrons. The smallest absolute Gasteiger partial charge is 0.336 e. The fourth-order valence-electron chi connectivity index (χ4n) is 2.43. The molecule has 2 heterocycles. The predicted octanol–water partition coefficient (Wildman–Crippen LogP) is 1.28. The lowest BCUT2D eigenvalue weighted by atomic mass is 10.2. The van der Waals surface area contributed by atoms with Gasteiger partial charge in [-0.1, -0.05) is 25.1 Å². The zero-order chi connectivity index (χ0) is 16.1. The molecule has 7 heteroatoms. The molecule has 0 aliphatic carbocycles. The number of ether oxygens (including phenoxy) is 2. The van der Waals surface area contributed by atoms with Crippen LogP contribution in [0.25, 0.3) is 5.69 Å². The van der Waals surface area contributed by atoms with Crippen molar-refractivity contribution in [2.24, 2.45) is 0 Å². The summed E-state index contributed by atoms with van der Waals surface area (Å²) < 4.78 is 12.6. The van der Waals surface area contributed by atoms with Gasteiger partial charge in [0, 0.05) is 13.1 Å². The first kappa shape index (κ1) is 15.5. The molecular formula is C16H20N4O3. The Morgan fingerprint density at radius 3 is 2.74 bits per heavy atom. The van der Waals surface area contributed by atoms with Crippen LogP contribution in [-0.2, 0) is 9.53 Å². The highest BCUT2D eigenvalue weighted by Crippen LogP contribution is 2.13. The zero-order valence-corrected chi connectivity index (χ0v) is 13.1. The van der Waals surface area contributed by atoms with Crippen molar-refractivity contribution < 1.29 is 14.3 Å². The Kier molecular flexibility index (Phi) is 4.87. The van der Waals surface area contributed by atoms with E-state index in [1.54, 1.807) is 15.9 Å². The largest absolute Gasteiger partial charge is 0.449 e. The third-order valence-electron chi connectivity index (χ3n) is 3.71. The van der Waals surface area contributed by atoms with Crippen molar-refractivity contribution >= 4 is 5.91 Å². The Morgan fingerprint density at radius 1 is 1.30 bits per heavy atom. The van der Waals surface area contributed by atoms with Crippen LogP contribution in [0.4, 0.5) is 0 Å². The second kappa shape index (κ2) is 7.23. The molecule has 2 aromatic rings. The second-order valence-corrected chi connectivity index (χ2v) is 5.26. The number of amides is 1. The Labute approximate surface area is 134 Å². The summed E-state index contributed by atoms with van der Waals surface area (Å²) in [4.78, 5) is 18.4. The van der Waals surface area contributed by atoms with Gasteiger partial charge in [-0.05, 0) is 18.6 Å². The van der Waals surface area contributed by atoms with Crippen LogP contribution in [0, 0.1) is 0 Å². The summed E-state index contributed by atoms with van der Waals surface area (Å²) in [6, 6.07) is 9.85. The molecule has 0 spiro atoms. The van der Waals surface area contributed by atoms with Gasteiger partial charge in [-0.3, -0.25) is 4.79 Å². The maximum Gasteiger partial charge on any atom is 0.336 e. The summed E-state index contributed by atoms with van der Waals surface area (Å²) in [7, 11) is 0. The van der Waals surface area contributed by atoms with Crippen LogP contribution in [0.2, 0.25) is 0 Å². The van der Waals surface area contributed by atoms with E-state index in [9.17, 15) is 4.79 Å². The summed E-state index contributed by atoms with van der Waals surface area (Å²) >= 11 is 0. The molecular weight excluding hydrogens is 296 g/mol. The van der Waals surface area contributed by atoms with Gasteiger partial charge in [0.1, 0.15) is 6.33 Å². The zero-order valence-electron chi connectivity index (χ0n) is 13.1. The molecule has 1 saturated heterocycles. The van der Waals surface area contributed by atoms with Gasteiger partial charge in [0.25, 0.3) is 5.91 Å². The number of rotatable bonds is 5. The molecule has 0 saturated carbocycles. The van der Waals surface area contributed by atoms with Crippen molar-refractivity contribution in [2.45, 2.75) is 19.4 Å². The van der Waals surface area contributed by atoms with E-state index >= 15 is 0 Å². The minimum atomic E-state index is -0.570.